The summed E-state index contributed by atoms with van der Waals surface area (Å²) in [5, 5.41) is 48.8. The van der Waals surface area contributed by atoms with Crippen molar-refractivity contribution in [3.63, 3.8) is 0 Å². The van der Waals surface area contributed by atoms with Crippen LogP contribution in [0.1, 0.15) is 182 Å². The van der Waals surface area contributed by atoms with Gasteiger partial charge in [-0.15, -0.1) is 0 Å². The van der Waals surface area contributed by atoms with Gasteiger partial charge >= 0.3 is 0 Å². The Morgan fingerprint density at radius 2 is 1.57 bits per heavy atom. The molecule has 0 radical (unpaired) electrons. The largest absolute Gasteiger partial charge is 0.508 e. The van der Waals surface area contributed by atoms with Crippen molar-refractivity contribution in [2.24, 2.45) is 51.5 Å². The maximum atomic E-state index is 14.6. The van der Waals surface area contributed by atoms with Crippen molar-refractivity contribution in [3.05, 3.63) is 225 Å². The molecule has 9 aliphatic rings. The monoisotopic (exact) mass is 1250 g/mol. The Morgan fingerprint density at radius 3 is 2.34 bits per heavy atom. The summed E-state index contributed by atoms with van der Waals surface area (Å²) < 4.78 is 55.9. The number of aromatic hydroxyl groups is 1. The second kappa shape index (κ2) is 25.2. The SMILES string of the molecule is CC1CCc2cc3ccc2C1CC(S(=O)(=O)O)C1C=C2CC(CC4CC(CO)CC#Cc5cc(O)ccc5C2O4)C1c1ccc(cc1)C(CC(Cc1ccccc1)C1(O)CC(c2ccc(C(O)Cc4cccc5ccccc45)cc2)CC2(CCCC2)C1)(N=C(N)N)O3. The molecule has 16 rings (SSSR count). The molecule has 10 bridgehead atoms. The highest BCUT2D eigenvalue weighted by molar-refractivity contribution is 7.86. The van der Waals surface area contributed by atoms with Gasteiger partial charge in [0.1, 0.15) is 17.6 Å². The molecule has 3 fully saturated rings. The zero-order valence-electron chi connectivity index (χ0n) is 52.6. The van der Waals surface area contributed by atoms with E-state index in [1.165, 1.54) is 0 Å². The predicted molar refractivity (Wildman–Crippen MR) is 360 cm³/mol. The zero-order chi connectivity index (χ0) is 63.5. The number of nitrogens with two attached hydrogens (primary N) is 2. The van der Waals surface area contributed by atoms with Crippen LogP contribution in [0.15, 0.2) is 174 Å². The van der Waals surface area contributed by atoms with Crippen LogP contribution in [0, 0.1) is 46.8 Å². The lowest BCUT2D eigenvalue weighted by Gasteiger charge is -2.52. The lowest BCUT2D eigenvalue weighted by atomic mass is 9.57. The molecule has 7 aromatic carbocycles. The van der Waals surface area contributed by atoms with Crippen molar-refractivity contribution in [2.45, 2.75) is 169 Å². The van der Waals surface area contributed by atoms with E-state index in [2.05, 4.69) is 116 Å². The molecule has 14 unspecified atom stereocenters. The van der Waals surface area contributed by atoms with Gasteiger partial charge in [-0.05, 0) is 203 Å². The number of aliphatic imine (C=N–C) groups is 1. The first-order chi connectivity index (χ1) is 44.4. The number of ether oxygens (including phenoxy) is 2. The van der Waals surface area contributed by atoms with Crippen molar-refractivity contribution >= 4 is 26.9 Å². The normalized spacial score (nSPS) is 29.6. The minimum Gasteiger partial charge on any atom is -0.508 e. The van der Waals surface area contributed by atoms with E-state index < -0.39 is 56.7 Å². The van der Waals surface area contributed by atoms with Gasteiger partial charge in [0, 0.05) is 48.5 Å². The average Bonchev–Trinajstić information content (AvgIpc) is 1.63. The Balaban J connectivity index is 0.889. The van der Waals surface area contributed by atoms with E-state index in [1.807, 2.05) is 54.6 Å². The molecule has 12 nitrogen and oxygen atoms in total. The highest BCUT2D eigenvalue weighted by Crippen LogP contribution is 2.60. The third kappa shape index (κ3) is 12.4. The number of hydrogen-bond acceptors (Lipinski definition) is 9. The van der Waals surface area contributed by atoms with Crippen LogP contribution in [-0.2, 0) is 39.8 Å². The van der Waals surface area contributed by atoms with Gasteiger partial charge in [0.25, 0.3) is 10.1 Å². The summed E-state index contributed by atoms with van der Waals surface area (Å²) in [4.78, 5) is 5.27. The third-order valence-corrected chi connectivity index (χ3v) is 24.1. The van der Waals surface area contributed by atoms with Crippen LogP contribution < -0.4 is 16.2 Å². The lowest BCUT2D eigenvalue weighted by molar-refractivity contribution is -0.116. The number of allylic oxidation sites excluding steroid dienone is 1. The molecule has 478 valence electrons. The second-order valence-electron chi connectivity index (χ2n) is 28.8. The minimum absolute atomic E-state index is 0.00429. The summed E-state index contributed by atoms with van der Waals surface area (Å²) in [6, 6.07) is 52.9. The number of nitrogens with zero attached hydrogens (tertiary/aromatic N) is 1. The zero-order valence-corrected chi connectivity index (χ0v) is 53.4. The number of rotatable bonds is 12. The van der Waals surface area contributed by atoms with E-state index in [1.54, 1.807) is 12.1 Å². The highest BCUT2D eigenvalue weighted by Gasteiger charge is 2.55. The molecule has 13 heteroatoms. The maximum Gasteiger partial charge on any atom is 0.268 e. The van der Waals surface area contributed by atoms with Crippen LogP contribution in [0.2, 0.25) is 0 Å². The Kier molecular flexibility index (Phi) is 17.0. The van der Waals surface area contributed by atoms with Gasteiger partial charge in [-0.3, -0.25) is 4.55 Å². The number of benzene rings is 7. The van der Waals surface area contributed by atoms with Crippen LogP contribution in [0.5, 0.6) is 11.5 Å². The fraction of sp³-hybridized carbons (Fsp3) is 0.430. The number of phenolic OH excluding ortho intramolecular Hbond substituents is 1. The summed E-state index contributed by atoms with van der Waals surface area (Å²) in [6.45, 7) is 2.10. The fourth-order valence-corrected chi connectivity index (χ4v) is 19.6. The number of aliphatic hydroxyl groups excluding tert-OH is 2. The van der Waals surface area contributed by atoms with Gasteiger partial charge < -0.3 is 41.4 Å². The fourth-order valence-electron chi connectivity index (χ4n) is 18.5. The average molecular weight is 1250 g/mol. The number of guanidine groups is 1. The van der Waals surface area contributed by atoms with Gasteiger partial charge in [-0.1, -0.05) is 171 Å². The first kappa shape index (κ1) is 62.2. The van der Waals surface area contributed by atoms with E-state index >= 15 is 0 Å². The van der Waals surface area contributed by atoms with Gasteiger partial charge in [-0.2, -0.15) is 8.42 Å². The molecule has 5 heterocycles. The van der Waals surface area contributed by atoms with Gasteiger partial charge in [0.2, 0.25) is 5.72 Å². The molecule has 2 saturated carbocycles. The number of phenols is 1. The number of aryl methyl sites for hydroxylation is 1. The smallest absolute Gasteiger partial charge is 0.268 e. The molecule has 0 aromatic heterocycles. The summed E-state index contributed by atoms with van der Waals surface area (Å²) in [5.74, 6) is 4.93. The molecular formula is C79H87N3O9S. The quantitative estimate of drug-likeness (QED) is 0.0201. The molecule has 9 N–H and O–H groups in total. The van der Waals surface area contributed by atoms with E-state index in [9.17, 15) is 33.4 Å². The maximum absolute atomic E-state index is 14.6. The molecule has 4 aliphatic carbocycles. The van der Waals surface area contributed by atoms with Crippen LogP contribution in [0.4, 0.5) is 0 Å². The van der Waals surface area contributed by atoms with E-state index in [-0.39, 0.29) is 72.3 Å². The Morgan fingerprint density at radius 1 is 0.815 bits per heavy atom. The summed E-state index contributed by atoms with van der Waals surface area (Å²) >= 11 is 0. The molecule has 14 atom stereocenters. The molecular weight excluding hydrogens is 1170 g/mol. The molecule has 7 aromatic rings. The molecule has 92 heavy (non-hydrogen) atoms. The Labute approximate surface area is 542 Å². The third-order valence-electron chi connectivity index (χ3n) is 22.9. The lowest BCUT2D eigenvalue weighted by Crippen LogP contribution is -2.52. The standard InChI is InChI=1S/C79H87N3O9S/c1-49-19-20-58-39-65-30-32-68(58)70(49)43-73(92(87,88)89)71-41-60-37-59(40-66-36-51(47-83)13-9-16-56-38-64(84)29-31-69(56)75(60)90-66)74(71)55-25-27-62(28-26-55)79(91-65,82-76(80)81)46-63(35-50-11-3-2-4-12-50)78(86)45-61(44-77(48-78)33-7-8-34-77)52-21-23-54(24-22-52)72(85)42-57-17-10-15-53-14-5-6-18-67(53)57/h2-6,10-12,14-15,17-18,21-32,38-39,41,49,51,59,61,63,66,70-75,83-86H,7-8,13,19-20,33-37,40,42-48H2,1H3,(H4,80,81,82)(H,87,88,89). The molecule has 0 amide bonds. The van der Waals surface area contributed by atoms with Crippen molar-refractivity contribution in [2.75, 3.05) is 6.61 Å². The molecule has 1 saturated heterocycles. The Hall–Kier alpha value is -7.28. The van der Waals surface area contributed by atoms with Crippen LogP contribution in [0.3, 0.4) is 0 Å². The first-order valence-corrected chi connectivity index (χ1v) is 35.2. The van der Waals surface area contributed by atoms with Crippen molar-refractivity contribution in [1.82, 2.24) is 0 Å². The van der Waals surface area contributed by atoms with E-state index in [0.717, 1.165) is 106 Å². The van der Waals surface area contributed by atoms with Crippen molar-refractivity contribution in [1.29, 1.82) is 0 Å². The summed E-state index contributed by atoms with van der Waals surface area (Å²) in [5.41, 5.74) is 20.5. The molecule has 1 spiro atoms. The second-order valence-corrected chi connectivity index (χ2v) is 30.4. The van der Waals surface area contributed by atoms with Crippen LogP contribution >= 0.6 is 0 Å². The van der Waals surface area contributed by atoms with Gasteiger partial charge in [0.05, 0.1) is 23.1 Å². The van der Waals surface area contributed by atoms with Gasteiger partial charge in [-0.25, -0.2) is 4.99 Å². The Bertz CT molecular complexity index is 4090. The van der Waals surface area contributed by atoms with Crippen LogP contribution in [-0.4, -0.2) is 62.9 Å². The minimum atomic E-state index is -4.72. The predicted octanol–water partition coefficient (Wildman–Crippen LogP) is 14.1. The number of aliphatic hydroxyl groups is 3. The molecule has 5 aliphatic heterocycles. The van der Waals surface area contributed by atoms with E-state index in [0.29, 0.717) is 68.2 Å². The van der Waals surface area contributed by atoms with Crippen molar-refractivity contribution < 1.29 is 42.9 Å². The first-order valence-electron chi connectivity index (χ1n) is 33.7. The van der Waals surface area contributed by atoms with Crippen LogP contribution in [0.25, 0.3) is 10.8 Å². The number of hydrogen-bond donors (Lipinski definition) is 7. The highest BCUT2D eigenvalue weighted by atomic mass is 32.2. The van der Waals surface area contributed by atoms with Gasteiger partial charge in [0.15, 0.2) is 5.96 Å². The summed E-state index contributed by atoms with van der Waals surface area (Å²) in [7, 11) is -4.72. The summed E-state index contributed by atoms with van der Waals surface area (Å²) in [6.07, 6.45) is 11.6. The van der Waals surface area contributed by atoms with Crippen molar-refractivity contribution in [3.8, 4) is 23.3 Å². The topological polar surface area (TPSA) is 218 Å². The van der Waals surface area contributed by atoms with E-state index in [4.69, 9.17) is 25.9 Å². The number of fused-ring (bicyclic) bond motifs is 10.